The van der Waals surface area contributed by atoms with E-state index in [4.69, 9.17) is 0 Å². The van der Waals surface area contributed by atoms with Crippen LogP contribution in [0.15, 0.2) is 24.3 Å². The van der Waals surface area contributed by atoms with Gasteiger partial charge in [-0.2, -0.15) is 0 Å². The zero-order valence-electron chi connectivity index (χ0n) is 13.1. The Kier molecular flexibility index (Phi) is 5.92. The summed E-state index contributed by atoms with van der Waals surface area (Å²) >= 11 is 0. The van der Waals surface area contributed by atoms with E-state index in [1.165, 1.54) is 31.4 Å². The minimum atomic E-state index is -0.292. The third-order valence-corrected chi connectivity index (χ3v) is 4.07. The fraction of sp³-hybridized carbons (Fsp3) is 0.611. The van der Waals surface area contributed by atoms with Gasteiger partial charge in [-0.3, -0.25) is 4.79 Å². The molecule has 0 unspecified atom stereocenters. The zero-order chi connectivity index (χ0) is 15.2. The minimum Gasteiger partial charge on any atom is -0.300 e. The van der Waals surface area contributed by atoms with Crippen LogP contribution in [0.4, 0.5) is 4.39 Å². The van der Waals surface area contributed by atoms with E-state index in [1.807, 2.05) is 0 Å². The van der Waals surface area contributed by atoms with Gasteiger partial charge in [0.05, 0.1) is 0 Å². The van der Waals surface area contributed by atoms with Crippen molar-refractivity contribution in [2.24, 2.45) is 5.92 Å². The van der Waals surface area contributed by atoms with Crippen molar-refractivity contribution < 1.29 is 9.18 Å². The molecule has 0 saturated heterocycles. The Morgan fingerprint density at radius 1 is 1.24 bits per heavy atom. The summed E-state index contributed by atoms with van der Waals surface area (Å²) in [5.74, 6) is 0.557. The second kappa shape index (κ2) is 7.69. The van der Waals surface area contributed by atoms with Gasteiger partial charge in [0, 0.05) is 18.0 Å². The summed E-state index contributed by atoms with van der Waals surface area (Å²) < 4.78 is 12.8. The third kappa shape index (κ3) is 5.58. The van der Waals surface area contributed by atoms with Crippen LogP contribution in [0.25, 0.3) is 0 Å². The Balaban J connectivity index is 1.73. The highest BCUT2D eigenvalue weighted by Gasteiger charge is 2.28. The summed E-state index contributed by atoms with van der Waals surface area (Å²) in [5.41, 5.74) is 0.622. The van der Waals surface area contributed by atoms with E-state index in [-0.39, 0.29) is 11.6 Å². The second-order valence-corrected chi connectivity index (χ2v) is 6.48. The molecule has 0 spiro atoms. The second-order valence-electron chi connectivity index (χ2n) is 6.48. The number of hydrogen-bond acceptors (Lipinski definition) is 2. The SMILES string of the molecule is CC(C)CCN(CCCC(=O)c1ccc(F)cc1)C1CC1. The van der Waals surface area contributed by atoms with Gasteiger partial charge in [0.2, 0.25) is 0 Å². The van der Waals surface area contributed by atoms with Crippen molar-refractivity contribution in [1.82, 2.24) is 4.90 Å². The van der Waals surface area contributed by atoms with Crippen molar-refractivity contribution in [2.45, 2.75) is 52.0 Å². The van der Waals surface area contributed by atoms with E-state index in [2.05, 4.69) is 18.7 Å². The van der Waals surface area contributed by atoms with Crippen LogP contribution in [0, 0.1) is 11.7 Å². The maximum Gasteiger partial charge on any atom is 0.162 e. The Morgan fingerprint density at radius 2 is 1.90 bits per heavy atom. The lowest BCUT2D eigenvalue weighted by molar-refractivity contribution is 0.0973. The van der Waals surface area contributed by atoms with E-state index in [0.717, 1.165) is 31.5 Å². The van der Waals surface area contributed by atoms with E-state index in [9.17, 15) is 9.18 Å². The number of benzene rings is 1. The van der Waals surface area contributed by atoms with Crippen LogP contribution in [0.5, 0.6) is 0 Å². The molecule has 3 heteroatoms. The molecule has 1 aliphatic carbocycles. The van der Waals surface area contributed by atoms with Gasteiger partial charge >= 0.3 is 0 Å². The number of halogens is 1. The molecule has 0 amide bonds. The van der Waals surface area contributed by atoms with Gasteiger partial charge < -0.3 is 4.90 Å². The molecule has 2 nitrogen and oxygen atoms in total. The molecule has 2 rings (SSSR count). The van der Waals surface area contributed by atoms with Crippen LogP contribution in [0.1, 0.15) is 56.3 Å². The first kappa shape index (κ1) is 16.2. The first-order valence-corrected chi connectivity index (χ1v) is 8.09. The normalized spacial score (nSPS) is 14.9. The lowest BCUT2D eigenvalue weighted by Crippen LogP contribution is -2.29. The molecule has 0 aliphatic heterocycles. The molecule has 0 heterocycles. The summed E-state index contributed by atoms with van der Waals surface area (Å²) in [7, 11) is 0. The van der Waals surface area contributed by atoms with Crippen LogP contribution in [-0.2, 0) is 0 Å². The maximum atomic E-state index is 12.8. The number of Topliss-reactive ketones (excluding diaryl/α,β-unsaturated/α-hetero) is 1. The summed E-state index contributed by atoms with van der Waals surface area (Å²) in [6.45, 7) is 6.66. The zero-order valence-corrected chi connectivity index (χ0v) is 13.1. The molecule has 1 saturated carbocycles. The summed E-state index contributed by atoms with van der Waals surface area (Å²) in [4.78, 5) is 14.6. The first-order chi connectivity index (χ1) is 10.1. The highest BCUT2D eigenvalue weighted by molar-refractivity contribution is 5.95. The number of rotatable bonds is 9. The minimum absolute atomic E-state index is 0.120. The predicted octanol–water partition coefficient (Wildman–Crippen LogP) is 4.30. The van der Waals surface area contributed by atoms with E-state index in [1.54, 1.807) is 12.1 Å². The number of hydrogen-bond donors (Lipinski definition) is 0. The average Bonchev–Trinajstić information content (AvgIpc) is 3.27. The Morgan fingerprint density at radius 3 is 2.48 bits per heavy atom. The Labute approximate surface area is 127 Å². The lowest BCUT2D eigenvalue weighted by Gasteiger charge is -2.22. The van der Waals surface area contributed by atoms with Gasteiger partial charge in [-0.15, -0.1) is 0 Å². The van der Waals surface area contributed by atoms with Crippen molar-refractivity contribution in [1.29, 1.82) is 0 Å². The predicted molar refractivity (Wildman–Crippen MR) is 84.0 cm³/mol. The van der Waals surface area contributed by atoms with Gasteiger partial charge in [0.1, 0.15) is 5.82 Å². The molecule has 0 atom stereocenters. The Bertz CT molecular complexity index is 451. The summed E-state index contributed by atoms with van der Waals surface area (Å²) in [5, 5.41) is 0. The first-order valence-electron chi connectivity index (χ1n) is 8.09. The smallest absolute Gasteiger partial charge is 0.162 e. The highest BCUT2D eigenvalue weighted by atomic mass is 19.1. The molecule has 1 fully saturated rings. The van der Waals surface area contributed by atoms with Crippen LogP contribution >= 0.6 is 0 Å². The van der Waals surface area contributed by atoms with Crippen molar-refractivity contribution in [3.63, 3.8) is 0 Å². The van der Waals surface area contributed by atoms with E-state index in [0.29, 0.717) is 12.0 Å². The van der Waals surface area contributed by atoms with Crippen molar-refractivity contribution >= 4 is 5.78 Å². The molecule has 1 aromatic rings. The van der Waals surface area contributed by atoms with Crippen molar-refractivity contribution in [2.75, 3.05) is 13.1 Å². The molecule has 0 aromatic heterocycles. The molecule has 0 N–H and O–H groups in total. The van der Waals surface area contributed by atoms with Gasteiger partial charge in [0.15, 0.2) is 5.78 Å². The fourth-order valence-electron chi connectivity index (χ4n) is 2.56. The molecule has 116 valence electrons. The van der Waals surface area contributed by atoms with Crippen LogP contribution in [0.3, 0.4) is 0 Å². The van der Waals surface area contributed by atoms with Crippen LogP contribution in [0.2, 0.25) is 0 Å². The average molecular weight is 291 g/mol. The van der Waals surface area contributed by atoms with Crippen molar-refractivity contribution in [3.8, 4) is 0 Å². The fourth-order valence-corrected chi connectivity index (χ4v) is 2.56. The molecular formula is C18H26FNO. The number of carbonyl (C=O) groups excluding carboxylic acids is 1. The topological polar surface area (TPSA) is 20.3 Å². The van der Waals surface area contributed by atoms with Crippen LogP contribution < -0.4 is 0 Å². The monoisotopic (exact) mass is 291 g/mol. The number of carbonyl (C=O) groups is 1. The van der Waals surface area contributed by atoms with Gasteiger partial charge in [0.25, 0.3) is 0 Å². The molecule has 21 heavy (non-hydrogen) atoms. The quantitative estimate of drug-likeness (QED) is 0.632. The standard InChI is InChI=1S/C18H26FNO/c1-14(2)11-13-20(17-9-10-17)12-3-4-18(21)15-5-7-16(19)8-6-15/h5-8,14,17H,3-4,9-13H2,1-2H3. The van der Waals surface area contributed by atoms with Gasteiger partial charge in [-0.1, -0.05) is 13.8 Å². The molecule has 0 radical (unpaired) electrons. The summed E-state index contributed by atoms with van der Waals surface area (Å²) in [6.07, 6.45) is 5.29. The van der Waals surface area contributed by atoms with Gasteiger partial charge in [-0.05, 0) is 69.0 Å². The van der Waals surface area contributed by atoms with E-state index >= 15 is 0 Å². The summed E-state index contributed by atoms with van der Waals surface area (Å²) in [6, 6.07) is 6.62. The number of ketones is 1. The number of nitrogens with zero attached hydrogens (tertiary/aromatic N) is 1. The van der Waals surface area contributed by atoms with Crippen LogP contribution in [-0.4, -0.2) is 29.8 Å². The maximum absolute atomic E-state index is 12.8. The molecule has 1 aliphatic rings. The molecule has 1 aromatic carbocycles. The lowest BCUT2D eigenvalue weighted by atomic mass is 10.1. The van der Waals surface area contributed by atoms with Crippen molar-refractivity contribution in [3.05, 3.63) is 35.6 Å². The highest BCUT2D eigenvalue weighted by Crippen LogP contribution is 2.27. The molecular weight excluding hydrogens is 265 g/mol. The largest absolute Gasteiger partial charge is 0.300 e. The molecule has 0 bridgehead atoms. The van der Waals surface area contributed by atoms with Gasteiger partial charge in [-0.25, -0.2) is 4.39 Å². The third-order valence-electron chi connectivity index (χ3n) is 4.07. The Hall–Kier alpha value is -1.22. The van der Waals surface area contributed by atoms with E-state index < -0.39 is 0 Å².